The Bertz CT molecular complexity index is 641. The first-order valence-corrected chi connectivity index (χ1v) is 6.40. The Morgan fingerprint density at radius 3 is 2.63 bits per heavy atom. The molecule has 0 spiro atoms. The van der Waals surface area contributed by atoms with Crippen LogP contribution in [0.2, 0.25) is 0 Å². The molecule has 0 aliphatic carbocycles. The van der Waals surface area contributed by atoms with Crippen molar-refractivity contribution >= 4 is 21.9 Å². The quantitative estimate of drug-likeness (QED) is 0.929. The summed E-state index contributed by atoms with van der Waals surface area (Å²) in [6, 6.07) is 7.20. The second-order valence-electron chi connectivity index (χ2n) is 4.16. The van der Waals surface area contributed by atoms with Crippen LogP contribution in [0.25, 0.3) is 0 Å². The van der Waals surface area contributed by atoms with Gasteiger partial charge >= 0.3 is 5.97 Å². The number of carbonyl (C=O) groups is 1. The zero-order valence-corrected chi connectivity index (χ0v) is 12.1. The molecular formula is C14H12BrNO3. The van der Waals surface area contributed by atoms with Crippen LogP contribution in [-0.4, -0.2) is 16.1 Å². The molecule has 0 fully saturated rings. The molecule has 1 aromatic carbocycles. The third-order valence-electron chi connectivity index (χ3n) is 2.54. The number of benzene rings is 1. The summed E-state index contributed by atoms with van der Waals surface area (Å²) >= 11 is 3.40. The van der Waals surface area contributed by atoms with E-state index in [1.54, 1.807) is 19.1 Å². The number of aryl methyl sites for hydroxylation is 2. The van der Waals surface area contributed by atoms with Gasteiger partial charge in [-0.15, -0.1) is 0 Å². The fraction of sp³-hybridized carbons (Fsp3) is 0.143. The van der Waals surface area contributed by atoms with Gasteiger partial charge in [-0.3, -0.25) is 4.98 Å². The Balaban J connectivity index is 2.42. The van der Waals surface area contributed by atoms with E-state index < -0.39 is 5.97 Å². The highest BCUT2D eigenvalue weighted by molar-refractivity contribution is 9.10. The minimum absolute atomic E-state index is 0.0399. The predicted molar refractivity (Wildman–Crippen MR) is 74.9 cm³/mol. The van der Waals surface area contributed by atoms with Crippen LogP contribution < -0.4 is 4.74 Å². The maximum Gasteiger partial charge on any atom is 0.341 e. The van der Waals surface area contributed by atoms with Gasteiger partial charge in [-0.05, 0) is 47.5 Å². The van der Waals surface area contributed by atoms with Crippen molar-refractivity contribution in [1.29, 1.82) is 0 Å². The van der Waals surface area contributed by atoms with E-state index in [1.165, 1.54) is 6.20 Å². The fourth-order valence-corrected chi connectivity index (χ4v) is 2.16. The van der Waals surface area contributed by atoms with Crippen molar-refractivity contribution in [3.63, 3.8) is 0 Å². The molecule has 0 unspecified atom stereocenters. The number of hydrogen-bond donors (Lipinski definition) is 1. The van der Waals surface area contributed by atoms with Crippen LogP contribution in [0, 0.1) is 13.8 Å². The van der Waals surface area contributed by atoms with Gasteiger partial charge in [0.05, 0.1) is 4.47 Å². The average molecular weight is 322 g/mol. The molecule has 5 heteroatoms. The smallest absolute Gasteiger partial charge is 0.341 e. The average Bonchev–Trinajstić information content (AvgIpc) is 2.32. The molecule has 4 nitrogen and oxygen atoms in total. The van der Waals surface area contributed by atoms with Crippen molar-refractivity contribution in [2.75, 3.05) is 0 Å². The Morgan fingerprint density at radius 2 is 2.00 bits per heavy atom. The van der Waals surface area contributed by atoms with E-state index >= 15 is 0 Å². The van der Waals surface area contributed by atoms with Gasteiger partial charge in [0.15, 0.2) is 0 Å². The van der Waals surface area contributed by atoms with Crippen molar-refractivity contribution in [2.45, 2.75) is 13.8 Å². The minimum Gasteiger partial charge on any atom is -0.477 e. The van der Waals surface area contributed by atoms with Crippen LogP contribution in [0.1, 0.15) is 21.6 Å². The zero-order chi connectivity index (χ0) is 14.0. The van der Waals surface area contributed by atoms with Crippen LogP contribution in [0.5, 0.6) is 11.5 Å². The Morgan fingerprint density at radius 1 is 1.26 bits per heavy atom. The molecule has 1 heterocycles. The number of aromatic nitrogens is 1. The molecule has 0 radical (unpaired) electrons. The van der Waals surface area contributed by atoms with E-state index in [1.807, 2.05) is 19.1 Å². The summed E-state index contributed by atoms with van der Waals surface area (Å²) in [5.41, 5.74) is 1.82. The number of nitrogens with zero attached hydrogens (tertiary/aromatic N) is 1. The minimum atomic E-state index is -1.06. The molecule has 2 aromatic rings. The van der Waals surface area contributed by atoms with E-state index in [-0.39, 0.29) is 11.3 Å². The van der Waals surface area contributed by atoms with Crippen LogP contribution in [0.4, 0.5) is 0 Å². The Kier molecular flexibility index (Phi) is 3.85. The van der Waals surface area contributed by atoms with Crippen molar-refractivity contribution < 1.29 is 14.6 Å². The van der Waals surface area contributed by atoms with E-state index in [0.29, 0.717) is 11.4 Å². The number of halogens is 1. The molecule has 1 aromatic heterocycles. The third kappa shape index (κ3) is 3.12. The molecule has 0 amide bonds. The maximum absolute atomic E-state index is 11.1. The lowest BCUT2D eigenvalue weighted by Gasteiger charge is -2.11. The monoisotopic (exact) mass is 321 g/mol. The highest BCUT2D eigenvalue weighted by Crippen LogP contribution is 2.32. The first-order chi connectivity index (χ1) is 8.97. The van der Waals surface area contributed by atoms with Crippen molar-refractivity contribution in [1.82, 2.24) is 4.98 Å². The maximum atomic E-state index is 11.1. The van der Waals surface area contributed by atoms with E-state index in [9.17, 15) is 4.79 Å². The summed E-state index contributed by atoms with van der Waals surface area (Å²) in [7, 11) is 0. The largest absolute Gasteiger partial charge is 0.477 e. The highest BCUT2D eigenvalue weighted by Gasteiger charge is 2.14. The van der Waals surface area contributed by atoms with Gasteiger partial charge in [-0.2, -0.15) is 0 Å². The molecule has 98 valence electrons. The summed E-state index contributed by atoms with van der Waals surface area (Å²) in [4.78, 5) is 15.1. The molecule has 0 saturated heterocycles. The fourth-order valence-electron chi connectivity index (χ4n) is 1.59. The molecule has 0 bridgehead atoms. The molecule has 2 rings (SSSR count). The summed E-state index contributed by atoms with van der Waals surface area (Å²) in [5.74, 6) is -0.214. The number of carboxylic acids is 1. The van der Waals surface area contributed by atoms with Crippen LogP contribution in [-0.2, 0) is 0 Å². The molecule has 19 heavy (non-hydrogen) atoms. The Hall–Kier alpha value is -1.88. The number of rotatable bonds is 3. The standard InChI is InChI=1S/C14H12BrNO3/c1-8-3-4-12(11(15)5-8)19-13-6-9(2)16-7-10(13)14(17)18/h3-7H,1-2H3,(H,17,18). The Labute approximate surface area is 119 Å². The second-order valence-corrected chi connectivity index (χ2v) is 5.02. The van der Waals surface area contributed by atoms with Crippen molar-refractivity contribution in [2.24, 2.45) is 0 Å². The molecule has 0 saturated carbocycles. The number of ether oxygens (including phenoxy) is 1. The second kappa shape index (κ2) is 5.40. The lowest BCUT2D eigenvalue weighted by Crippen LogP contribution is -2.02. The molecule has 0 atom stereocenters. The zero-order valence-electron chi connectivity index (χ0n) is 10.5. The number of aromatic carboxylic acids is 1. The summed E-state index contributed by atoms with van der Waals surface area (Å²) in [5, 5.41) is 9.12. The topological polar surface area (TPSA) is 59.4 Å². The lowest BCUT2D eigenvalue weighted by atomic mass is 10.2. The molecule has 1 N–H and O–H groups in total. The SMILES string of the molecule is Cc1ccc(Oc2cc(C)ncc2C(=O)O)c(Br)c1. The van der Waals surface area contributed by atoms with E-state index in [0.717, 1.165) is 10.0 Å². The van der Waals surface area contributed by atoms with E-state index in [4.69, 9.17) is 9.84 Å². The van der Waals surface area contributed by atoms with Crippen molar-refractivity contribution in [3.8, 4) is 11.5 Å². The van der Waals surface area contributed by atoms with Gasteiger partial charge in [0.1, 0.15) is 17.1 Å². The first-order valence-electron chi connectivity index (χ1n) is 5.61. The summed E-state index contributed by atoms with van der Waals surface area (Å²) in [6.45, 7) is 3.75. The molecular weight excluding hydrogens is 310 g/mol. The normalized spacial score (nSPS) is 10.3. The number of hydrogen-bond acceptors (Lipinski definition) is 3. The number of pyridine rings is 1. The van der Waals surface area contributed by atoms with Gasteiger partial charge in [0.2, 0.25) is 0 Å². The van der Waals surface area contributed by atoms with Gasteiger partial charge in [-0.1, -0.05) is 6.07 Å². The lowest BCUT2D eigenvalue weighted by molar-refractivity contribution is 0.0693. The molecule has 0 aliphatic rings. The first kappa shape index (κ1) is 13.5. The van der Waals surface area contributed by atoms with Crippen LogP contribution >= 0.6 is 15.9 Å². The van der Waals surface area contributed by atoms with Gasteiger partial charge in [0.25, 0.3) is 0 Å². The summed E-state index contributed by atoms with van der Waals surface area (Å²) < 4.78 is 6.45. The van der Waals surface area contributed by atoms with Crippen LogP contribution in [0.3, 0.4) is 0 Å². The van der Waals surface area contributed by atoms with Gasteiger partial charge in [0, 0.05) is 18.0 Å². The van der Waals surface area contributed by atoms with Crippen LogP contribution in [0.15, 0.2) is 34.9 Å². The van der Waals surface area contributed by atoms with E-state index in [2.05, 4.69) is 20.9 Å². The van der Waals surface area contributed by atoms with Gasteiger partial charge < -0.3 is 9.84 Å². The predicted octanol–water partition coefficient (Wildman–Crippen LogP) is 3.95. The van der Waals surface area contributed by atoms with Gasteiger partial charge in [-0.25, -0.2) is 4.79 Å². The highest BCUT2D eigenvalue weighted by atomic mass is 79.9. The third-order valence-corrected chi connectivity index (χ3v) is 3.16. The number of carboxylic acid groups (broad SMARTS) is 1. The summed E-state index contributed by atoms with van der Waals surface area (Å²) in [6.07, 6.45) is 1.30. The molecule has 0 aliphatic heterocycles. The van der Waals surface area contributed by atoms with Crippen molar-refractivity contribution in [3.05, 3.63) is 51.8 Å².